The molecule has 9 nitrogen and oxygen atoms in total. The third kappa shape index (κ3) is 3.75. The molecule has 0 radical (unpaired) electrons. The van der Waals surface area contributed by atoms with Crippen molar-refractivity contribution in [2.24, 2.45) is 5.41 Å². The van der Waals surface area contributed by atoms with Gasteiger partial charge in [0, 0.05) is 18.8 Å². The van der Waals surface area contributed by atoms with Crippen molar-refractivity contribution in [1.29, 1.82) is 0 Å². The van der Waals surface area contributed by atoms with Crippen molar-refractivity contribution >= 4 is 28.5 Å². The van der Waals surface area contributed by atoms with Gasteiger partial charge in [0.25, 0.3) is 5.56 Å². The van der Waals surface area contributed by atoms with Crippen LogP contribution in [0.3, 0.4) is 0 Å². The third-order valence-electron chi connectivity index (χ3n) is 6.47. The molecule has 3 heterocycles. The quantitative estimate of drug-likeness (QED) is 0.673. The summed E-state index contributed by atoms with van der Waals surface area (Å²) in [6.45, 7) is 1.61. The maximum Gasteiger partial charge on any atom is 0.271 e. The lowest BCUT2D eigenvalue weighted by Crippen LogP contribution is -2.33. The lowest BCUT2D eigenvalue weighted by atomic mass is 9.86. The van der Waals surface area contributed by atoms with E-state index in [1.165, 1.54) is 42.8 Å². The van der Waals surface area contributed by atoms with Crippen molar-refractivity contribution in [3.63, 3.8) is 0 Å². The van der Waals surface area contributed by atoms with Crippen LogP contribution in [0.5, 0.6) is 5.75 Å². The highest BCUT2D eigenvalue weighted by Crippen LogP contribution is 2.46. The summed E-state index contributed by atoms with van der Waals surface area (Å²) in [7, 11) is 1.54. The Morgan fingerprint density at radius 3 is 2.90 bits per heavy atom. The van der Waals surface area contributed by atoms with Crippen LogP contribution in [-0.4, -0.2) is 40.9 Å². The molecule has 5 rings (SSSR count). The fraction of sp³-hybridized carbons (Fsp3) is 0.455. The van der Waals surface area contributed by atoms with Gasteiger partial charge >= 0.3 is 0 Å². The van der Waals surface area contributed by atoms with Gasteiger partial charge < -0.3 is 19.4 Å². The third-order valence-corrected chi connectivity index (χ3v) is 6.47. The van der Waals surface area contributed by atoms with E-state index in [0.717, 1.165) is 19.5 Å². The summed E-state index contributed by atoms with van der Waals surface area (Å²) in [6.07, 6.45) is 7.51. The number of methoxy groups -OCH3 is 1. The van der Waals surface area contributed by atoms with Gasteiger partial charge in [-0.05, 0) is 42.9 Å². The van der Waals surface area contributed by atoms with Crippen LogP contribution in [0.2, 0.25) is 0 Å². The number of carbonyl (C=O) groups excluding carboxylic acids is 1. The molecule has 1 aliphatic heterocycles. The monoisotopic (exact) mass is 423 g/mol. The maximum atomic E-state index is 12.6. The summed E-state index contributed by atoms with van der Waals surface area (Å²) in [5.74, 6) is 0.734. The molecule has 2 aromatic heterocycles. The van der Waals surface area contributed by atoms with Crippen LogP contribution in [0.15, 0.2) is 39.9 Å². The number of ether oxygens (including phenoxy) is 1. The molecule has 1 spiro atoms. The Morgan fingerprint density at radius 2 is 2.10 bits per heavy atom. The Labute approximate surface area is 179 Å². The van der Waals surface area contributed by atoms with Gasteiger partial charge in [-0.15, -0.1) is 5.10 Å². The summed E-state index contributed by atoms with van der Waals surface area (Å²) < 4.78 is 11.9. The predicted molar refractivity (Wildman–Crippen MR) is 115 cm³/mol. The molecule has 1 N–H and O–H groups in total. The number of aromatic nitrogens is 3. The molecule has 1 aliphatic carbocycles. The molecule has 1 saturated carbocycles. The average Bonchev–Trinajstić information content (AvgIpc) is 3.51. The van der Waals surface area contributed by atoms with Crippen LogP contribution in [0.25, 0.3) is 11.1 Å². The summed E-state index contributed by atoms with van der Waals surface area (Å²) in [4.78, 5) is 31.4. The molecule has 1 saturated heterocycles. The molecule has 2 aliphatic rings. The van der Waals surface area contributed by atoms with Crippen LogP contribution < -0.4 is 20.5 Å². The second-order valence-corrected chi connectivity index (χ2v) is 8.49. The molecule has 162 valence electrons. The maximum absolute atomic E-state index is 12.6. The van der Waals surface area contributed by atoms with Gasteiger partial charge in [-0.1, -0.05) is 12.8 Å². The highest BCUT2D eigenvalue weighted by Gasteiger charge is 2.41. The Bertz CT molecular complexity index is 1180. The van der Waals surface area contributed by atoms with E-state index in [-0.39, 0.29) is 18.0 Å². The number of anilines is 2. The highest BCUT2D eigenvalue weighted by atomic mass is 16.5. The summed E-state index contributed by atoms with van der Waals surface area (Å²) >= 11 is 0. The zero-order valence-electron chi connectivity index (χ0n) is 17.5. The van der Waals surface area contributed by atoms with Crippen LogP contribution in [0.1, 0.15) is 32.1 Å². The summed E-state index contributed by atoms with van der Waals surface area (Å²) in [6, 6.07) is 6.60. The van der Waals surface area contributed by atoms with E-state index in [1.54, 1.807) is 25.3 Å². The van der Waals surface area contributed by atoms with Gasteiger partial charge in [-0.25, -0.2) is 9.67 Å². The zero-order valence-corrected chi connectivity index (χ0v) is 17.5. The number of carbonyl (C=O) groups is 1. The Kier molecular flexibility index (Phi) is 4.88. The van der Waals surface area contributed by atoms with E-state index in [4.69, 9.17) is 9.15 Å². The van der Waals surface area contributed by atoms with Crippen molar-refractivity contribution in [1.82, 2.24) is 14.8 Å². The largest absolute Gasteiger partial charge is 0.493 e. The number of nitrogens with zero attached hydrogens (tertiary/aromatic N) is 4. The van der Waals surface area contributed by atoms with E-state index in [9.17, 15) is 9.59 Å². The van der Waals surface area contributed by atoms with Crippen molar-refractivity contribution < 1.29 is 13.9 Å². The van der Waals surface area contributed by atoms with Crippen molar-refractivity contribution in [3.8, 4) is 5.75 Å². The van der Waals surface area contributed by atoms with Gasteiger partial charge in [0.2, 0.25) is 5.91 Å². The zero-order chi connectivity index (χ0) is 21.4. The normalized spacial score (nSPS) is 17.5. The van der Waals surface area contributed by atoms with Crippen LogP contribution in [0.4, 0.5) is 11.5 Å². The van der Waals surface area contributed by atoms with Crippen molar-refractivity contribution in [2.75, 3.05) is 30.4 Å². The first-order chi connectivity index (χ1) is 15.0. The first-order valence-corrected chi connectivity index (χ1v) is 10.6. The lowest BCUT2D eigenvalue weighted by molar-refractivity contribution is -0.117. The van der Waals surface area contributed by atoms with Gasteiger partial charge in [0.1, 0.15) is 12.1 Å². The van der Waals surface area contributed by atoms with E-state index >= 15 is 0 Å². The topological polar surface area (TPSA) is 102 Å². The molecule has 0 atom stereocenters. The van der Waals surface area contributed by atoms with E-state index < -0.39 is 0 Å². The number of amides is 1. The fourth-order valence-electron chi connectivity index (χ4n) is 4.87. The Balaban J connectivity index is 1.35. The molecular formula is C22H25N5O4. The second-order valence-electron chi connectivity index (χ2n) is 8.49. The number of rotatable bonds is 5. The Hall–Kier alpha value is -3.36. The molecule has 2 fully saturated rings. The second kappa shape index (κ2) is 7.72. The number of benzene rings is 1. The van der Waals surface area contributed by atoms with Crippen molar-refractivity contribution in [3.05, 3.63) is 41.0 Å². The standard InChI is InChI=1S/C22H25N5O4/c1-30-18-11-20(29)27(25-21(18)26-9-8-22(13-26)6-2-3-7-22)12-19(28)24-15-4-5-17-16(10-15)23-14-31-17/h4-5,10-11,14H,2-3,6-9,12-13H2,1H3,(H,24,28). The van der Waals surface area contributed by atoms with Crippen LogP contribution in [-0.2, 0) is 11.3 Å². The number of fused-ring (bicyclic) bond motifs is 1. The minimum absolute atomic E-state index is 0.189. The minimum Gasteiger partial charge on any atom is -0.493 e. The van der Waals surface area contributed by atoms with E-state index in [0.29, 0.717) is 33.8 Å². The molecule has 1 aromatic carbocycles. The summed E-state index contributed by atoms with van der Waals surface area (Å²) in [5.41, 5.74) is 1.84. The van der Waals surface area contributed by atoms with Crippen molar-refractivity contribution in [2.45, 2.75) is 38.6 Å². The molecule has 0 unspecified atom stereocenters. The number of oxazole rings is 1. The van der Waals surface area contributed by atoms with E-state index in [1.807, 2.05) is 0 Å². The number of nitrogens with one attached hydrogen (secondary N) is 1. The van der Waals surface area contributed by atoms with E-state index in [2.05, 4.69) is 20.3 Å². The first-order valence-electron chi connectivity index (χ1n) is 10.6. The molecule has 9 heteroatoms. The van der Waals surface area contributed by atoms with Gasteiger partial charge in [0.05, 0.1) is 13.2 Å². The number of hydrogen-bond acceptors (Lipinski definition) is 7. The van der Waals surface area contributed by atoms with Gasteiger partial charge in [-0.2, -0.15) is 0 Å². The lowest BCUT2D eigenvalue weighted by Gasteiger charge is -2.25. The fourth-order valence-corrected chi connectivity index (χ4v) is 4.87. The van der Waals surface area contributed by atoms with Crippen LogP contribution >= 0.6 is 0 Å². The molecule has 3 aromatic rings. The SMILES string of the molecule is COc1cc(=O)n(CC(=O)Nc2ccc3ocnc3c2)nc1N1CCC2(CCCC2)C1. The van der Waals surface area contributed by atoms with Crippen LogP contribution in [0, 0.1) is 5.41 Å². The molecule has 31 heavy (non-hydrogen) atoms. The Morgan fingerprint density at radius 1 is 1.26 bits per heavy atom. The molecular weight excluding hydrogens is 398 g/mol. The predicted octanol–water partition coefficient (Wildman–Crippen LogP) is 2.80. The average molecular weight is 423 g/mol. The molecule has 1 amide bonds. The minimum atomic E-state index is -0.377. The summed E-state index contributed by atoms with van der Waals surface area (Å²) in [5, 5.41) is 7.31. The first kappa shape index (κ1) is 19.6. The van der Waals surface area contributed by atoms with Gasteiger partial charge in [0.15, 0.2) is 23.5 Å². The highest BCUT2D eigenvalue weighted by molar-refractivity contribution is 5.92. The number of hydrogen-bond donors (Lipinski definition) is 1. The van der Waals surface area contributed by atoms with Gasteiger partial charge in [-0.3, -0.25) is 9.59 Å². The smallest absolute Gasteiger partial charge is 0.271 e. The molecule has 0 bridgehead atoms.